The molecule has 2 aliphatic heterocycles. The Kier molecular flexibility index (Phi) is 17.6. The van der Waals surface area contributed by atoms with Crippen molar-refractivity contribution in [1.29, 1.82) is 0 Å². The molecular weight excluding hydrogens is 961 g/mol. The molecule has 11 saturated carbocycles. The van der Waals surface area contributed by atoms with Gasteiger partial charge in [-0.15, -0.1) is 0 Å². The van der Waals surface area contributed by atoms with Crippen LogP contribution in [0, 0.1) is 53.3 Å². The van der Waals surface area contributed by atoms with Crippen molar-refractivity contribution in [1.82, 2.24) is 0 Å². The molecule has 414 valence electrons. The quantitative estimate of drug-likeness (QED) is 0.116. The van der Waals surface area contributed by atoms with Crippen molar-refractivity contribution in [3.63, 3.8) is 0 Å². The van der Waals surface area contributed by atoms with Crippen molar-refractivity contribution < 1.29 is 71.8 Å². The van der Waals surface area contributed by atoms with Crippen molar-refractivity contribution in [3.8, 4) is 0 Å². The van der Waals surface area contributed by atoms with Gasteiger partial charge in [-0.05, 0) is 186 Å². The lowest BCUT2D eigenvalue weighted by Gasteiger charge is -2.60. The Morgan fingerprint density at radius 3 is 1.59 bits per heavy atom. The Labute approximate surface area is 444 Å². The number of esters is 7. The summed E-state index contributed by atoms with van der Waals surface area (Å²) >= 11 is 0. The predicted molar refractivity (Wildman–Crippen MR) is 277 cm³/mol. The van der Waals surface area contributed by atoms with Gasteiger partial charge in [-0.1, -0.05) is 39.8 Å². The highest BCUT2D eigenvalue weighted by atomic mass is 16.6. The van der Waals surface area contributed by atoms with Crippen molar-refractivity contribution in [2.45, 2.75) is 211 Å². The van der Waals surface area contributed by atoms with E-state index in [1.807, 2.05) is 6.92 Å². The number of carbonyl (C=O) groups is 7. The first-order chi connectivity index (χ1) is 35.2. The summed E-state index contributed by atoms with van der Waals surface area (Å²) in [6.45, 7) is 30.6. The van der Waals surface area contributed by atoms with E-state index in [-0.39, 0.29) is 70.7 Å². The minimum Gasteiger partial charge on any atom is -0.463 e. The standard InChI is InChI=1S/C16H24O2.C14H20O3.C12H14O4.C10H16O2.C8H10O4/c1-4-16(18-15(17)10(2)3)13-6-11-5-12(8-13)9-14(16)7-11;1-9(2)12(15)17-14-6-10-3-11(7-14)5-13(16,4-10)8-14;1-5(2)11(13)15-9-6-3-7-8(4-6)12(14)16-10(7)9;1-8(2)9(11)12-10(3)6-4-5-7-10;1-5(2)7(9)12-6-3-4-11-8(6)10/h11-14H,2,4-9H2,1,3H3;10-11,16H,1,3-8H2,2H3;6-10H,1,3-4H2,2H3;1,4-7H2,2-3H3;6H,1,3-4H2,2H3. The summed E-state index contributed by atoms with van der Waals surface area (Å²) in [5.74, 6) is 2.56. The monoisotopic (exact) mass is 1040 g/mol. The normalized spacial score (nSPS) is 37.4. The number of cyclic esters (lactones) is 1. The Morgan fingerprint density at radius 2 is 1.11 bits per heavy atom. The molecule has 10 bridgehead atoms. The van der Waals surface area contributed by atoms with Gasteiger partial charge in [-0.2, -0.15) is 0 Å². The second kappa shape index (κ2) is 22.9. The summed E-state index contributed by atoms with van der Waals surface area (Å²) in [5.41, 5.74) is 0.819. The summed E-state index contributed by atoms with van der Waals surface area (Å²) in [7, 11) is 0. The topological polar surface area (TPSA) is 204 Å². The van der Waals surface area contributed by atoms with Gasteiger partial charge in [0.25, 0.3) is 0 Å². The third kappa shape index (κ3) is 13.0. The Balaban J connectivity index is 0.000000138. The maximum Gasteiger partial charge on any atom is 0.347 e. The molecule has 8 atom stereocenters. The molecule has 0 aromatic carbocycles. The minimum atomic E-state index is -0.728. The molecule has 2 saturated heterocycles. The van der Waals surface area contributed by atoms with Gasteiger partial charge in [0.2, 0.25) is 6.10 Å². The highest BCUT2D eigenvalue weighted by Gasteiger charge is 2.64. The zero-order chi connectivity index (χ0) is 54.9. The van der Waals surface area contributed by atoms with Crippen LogP contribution in [0.3, 0.4) is 0 Å². The lowest BCUT2D eigenvalue weighted by molar-refractivity contribution is -0.217. The van der Waals surface area contributed by atoms with Crippen molar-refractivity contribution in [2.75, 3.05) is 6.61 Å². The van der Waals surface area contributed by atoms with E-state index in [0.29, 0.717) is 71.3 Å². The molecule has 0 spiro atoms. The van der Waals surface area contributed by atoms with E-state index in [0.717, 1.165) is 69.6 Å². The second-order valence-electron chi connectivity index (χ2n) is 24.8. The first-order valence-corrected chi connectivity index (χ1v) is 27.7. The fourth-order valence-corrected chi connectivity index (χ4v) is 15.2. The molecule has 11 aliphatic carbocycles. The van der Waals surface area contributed by atoms with Gasteiger partial charge in [-0.25, -0.2) is 28.8 Å². The lowest BCUT2D eigenvalue weighted by atomic mass is 9.49. The van der Waals surface area contributed by atoms with Gasteiger partial charge in [-0.3, -0.25) is 4.79 Å². The Bertz CT molecular complexity index is 2270. The van der Waals surface area contributed by atoms with E-state index in [2.05, 4.69) is 44.6 Å². The van der Waals surface area contributed by atoms with Gasteiger partial charge >= 0.3 is 41.8 Å². The fourth-order valence-electron chi connectivity index (χ4n) is 15.2. The summed E-state index contributed by atoms with van der Waals surface area (Å²) in [6.07, 6.45) is 18.4. The summed E-state index contributed by atoms with van der Waals surface area (Å²) in [5, 5.41) is 10.5. The minimum absolute atomic E-state index is 0.0646. The highest BCUT2D eigenvalue weighted by Crippen LogP contribution is 2.61. The maximum atomic E-state index is 12.0. The molecule has 0 radical (unpaired) electrons. The van der Waals surface area contributed by atoms with Crippen LogP contribution in [0.25, 0.3) is 0 Å². The average molecular weight is 1050 g/mol. The average Bonchev–Trinajstić information content (AvgIpc) is 4.15. The van der Waals surface area contributed by atoms with E-state index >= 15 is 0 Å². The van der Waals surface area contributed by atoms with Crippen LogP contribution < -0.4 is 0 Å². The molecule has 13 fully saturated rings. The molecular formula is C60H84O15. The van der Waals surface area contributed by atoms with Gasteiger partial charge in [0.05, 0.1) is 18.1 Å². The third-order valence-corrected chi connectivity index (χ3v) is 18.2. The summed E-state index contributed by atoms with van der Waals surface area (Å²) in [6, 6.07) is 0. The number of rotatable bonds is 11. The van der Waals surface area contributed by atoms with Gasteiger partial charge in [0, 0.05) is 52.5 Å². The van der Waals surface area contributed by atoms with Crippen LogP contribution in [0.2, 0.25) is 0 Å². The molecule has 8 unspecified atom stereocenters. The first kappa shape index (κ1) is 57.7. The fraction of sp³-hybridized carbons (Fsp3) is 0.717. The number of hydrogen-bond acceptors (Lipinski definition) is 15. The SMILES string of the molecule is C=C(C)C(=O)OC1(C)CCCC1.C=C(C)C(=O)OC1(CC)C2CC3CC(C2)CC1C3.C=C(C)C(=O)OC12CC3CC(CC(O)(C3)C1)C2.C=C(C)C(=O)OC1C2CC3C(=O)OC1C3C2.C=C(C)C(=O)OC1CCOC1=O. The third-order valence-electron chi connectivity index (χ3n) is 18.2. The van der Waals surface area contributed by atoms with Gasteiger partial charge in [0.15, 0.2) is 0 Å². The molecule has 2 heterocycles. The van der Waals surface area contributed by atoms with Gasteiger partial charge in [0.1, 0.15) is 29.0 Å². The lowest BCUT2D eigenvalue weighted by Crippen LogP contribution is -2.60. The number of carbonyl (C=O) groups excluding carboxylic acids is 7. The van der Waals surface area contributed by atoms with Crippen LogP contribution in [-0.2, 0) is 66.7 Å². The van der Waals surface area contributed by atoms with Crippen molar-refractivity contribution >= 4 is 41.8 Å². The van der Waals surface area contributed by atoms with Crippen molar-refractivity contribution in [3.05, 3.63) is 60.8 Å². The molecule has 15 nitrogen and oxygen atoms in total. The maximum absolute atomic E-state index is 12.0. The largest absolute Gasteiger partial charge is 0.463 e. The zero-order valence-corrected chi connectivity index (χ0v) is 45.8. The molecule has 0 aromatic rings. The van der Waals surface area contributed by atoms with Crippen LogP contribution in [-0.4, -0.2) is 94.2 Å². The molecule has 0 amide bonds. The molecule has 15 heteroatoms. The molecule has 75 heavy (non-hydrogen) atoms. The number of fused-ring (bicyclic) bond motifs is 1. The van der Waals surface area contributed by atoms with Crippen LogP contribution in [0.5, 0.6) is 0 Å². The number of aliphatic hydroxyl groups is 1. The Morgan fingerprint density at radius 1 is 0.613 bits per heavy atom. The van der Waals surface area contributed by atoms with Gasteiger partial charge < -0.3 is 38.3 Å². The molecule has 13 aliphatic rings. The van der Waals surface area contributed by atoms with E-state index < -0.39 is 29.2 Å². The van der Waals surface area contributed by atoms with E-state index in [1.165, 1.54) is 58.3 Å². The molecule has 0 aromatic heterocycles. The number of ether oxygens (including phenoxy) is 7. The summed E-state index contributed by atoms with van der Waals surface area (Å²) < 4.78 is 37.0. The van der Waals surface area contributed by atoms with E-state index in [4.69, 9.17) is 28.4 Å². The van der Waals surface area contributed by atoms with E-state index in [1.54, 1.807) is 27.7 Å². The highest BCUT2D eigenvalue weighted by molar-refractivity contribution is 5.90. The predicted octanol–water partition coefficient (Wildman–Crippen LogP) is 9.82. The second-order valence-corrected chi connectivity index (χ2v) is 24.8. The van der Waals surface area contributed by atoms with Crippen LogP contribution in [0.4, 0.5) is 0 Å². The number of hydrogen-bond donors (Lipinski definition) is 1. The first-order valence-electron chi connectivity index (χ1n) is 27.7. The summed E-state index contributed by atoms with van der Waals surface area (Å²) in [4.78, 5) is 79.6. The van der Waals surface area contributed by atoms with E-state index in [9.17, 15) is 38.7 Å². The molecule has 1 N–H and O–H groups in total. The van der Waals surface area contributed by atoms with Crippen LogP contribution in [0.1, 0.15) is 170 Å². The Hall–Kier alpha value is -5.05. The molecule has 13 rings (SSSR count). The van der Waals surface area contributed by atoms with Crippen LogP contribution >= 0.6 is 0 Å². The van der Waals surface area contributed by atoms with Crippen LogP contribution in [0.15, 0.2) is 60.8 Å². The smallest absolute Gasteiger partial charge is 0.347 e. The zero-order valence-electron chi connectivity index (χ0n) is 45.8. The van der Waals surface area contributed by atoms with Crippen molar-refractivity contribution in [2.24, 2.45) is 53.3 Å².